The Morgan fingerprint density at radius 1 is 1.11 bits per heavy atom. The number of rotatable bonds is 6. The molecule has 1 aliphatic carbocycles. The Kier molecular flexibility index (Phi) is 5.50. The molecule has 0 radical (unpaired) electrons. The largest absolute Gasteiger partial charge is 0.390 e. The van der Waals surface area contributed by atoms with Crippen LogP contribution in [0.15, 0.2) is 54.9 Å². The van der Waals surface area contributed by atoms with Crippen LogP contribution in [0.25, 0.3) is 16.6 Å². The highest BCUT2D eigenvalue weighted by molar-refractivity contribution is 5.81. The van der Waals surface area contributed by atoms with Gasteiger partial charge in [0.2, 0.25) is 0 Å². The van der Waals surface area contributed by atoms with Crippen molar-refractivity contribution in [3.63, 3.8) is 0 Å². The molecule has 0 bridgehead atoms. The van der Waals surface area contributed by atoms with Crippen LogP contribution in [0.4, 0.5) is 15.9 Å². The lowest BCUT2D eigenvalue weighted by Gasteiger charge is -2.34. The topological polar surface area (TPSA) is 79.1 Å². The van der Waals surface area contributed by atoms with Gasteiger partial charge in [-0.05, 0) is 82.1 Å². The molecule has 2 N–H and O–H groups in total. The second-order valence-electron chi connectivity index (χ2n) is 9.89. The number of likely N-dealkylation sites (tertiary alicyclic amines) is 1. The molecule has 0 unspecified atom stereocenters. The number of aliphatic hydroxyl groups is 1. The van der Waals surface area contributed by atoms with E-state index in [1.165, 1.54) is 42.1 Å². The number of aromatic nitrogens is 4. The zero-order valence-electron chi connectivity index (χ0n) is 19.8. The van der Waals surface area contributed by atoms with Crippen molar-refractivity contribution in [3.8, 4) is 5.69 Å². The number of anilines is 2. The van der Waals surface area contributed by atoms with E-state index < -0.39 is 5.82 Å². The third-order valence-electron chi connectivity index (χ3n) is 7.66. The van der Waals surface area contributed by atoms with Crippen molar-refractivity contribution < 1.29 is 9.50 Å². The van der Waals surface area contributed by atoms with Gasteiger partial charge < -0.3 is 15.3 Å². The number of hydrogen-bond acceptors (Lipinski definition) is 6. The monoisotopic (exact) mass is 472 g/mol. The van der Waals surface area contributed by atoms with Gasteiger partial charge in [0.25, 0.3) is 0 Å². The smallest absolute Gasteiger partial charge is 0.148 e. The van der Waals surface area contributed by atoms with Crippen LogP contribution in [0, 0.1) is 11.7 Å². The summed E-state index contributed by atoms with van der Waals surface area (Å²) >= 11 is 0. The number of fused-ring (bicyclic) bond motifs is 1. The molecule has 0 atom stereocenters. The SMILES string of the molecule is CN1CCC(C2(c3ccc4cnc(Nc5ccc(-n6ccc(CO)n6)cc5F)cc4n3)CC2)CC1. The molecule has 7 nitrogen and oxygen atoms in total. The molecule has 1 saturated carbocycles. The Bertz CT molecular complexity index is 1370. The van der Waals surface area contributed by atoms with Crippen LogP contribution in [0.5, 0.6) is 0 Å². The lowest BCUT2D eigenvalue weighted by molar-refractivity contribution is 0.188. The molecular weight excluding hydrogens is 443 g/mol. The summed E-state index contributed by atoms with van der Waals surface area (Å²) in [5.41, 5.74) is 3.73. The fourth-order valence-corrected chi connectivity index (χ4v) is 5.41. The Balaban J connectivity index is 1.24. The predicted molar refractivity (Wildman–Crippen MR) is 133 cm³/mol. The summed E-state index contributed by atoms with van der Waals surface area (Å²) in [6.45, 7) is 2.16. The molecule has 1 aliphatic heterocycles. The highest BCUT2D eigenvalue weighted by Crippen LogP contribution is 2.56. The highest BCUT2D eigenvalue weighted by Gasteiger charge is 2.51. The van der Waals surface area contributed by atoms with E-state index in [0.29, 0.717) is 28.8 Å². The number of benzene rings is 1. The first-order valence-electron chi connectivity index (χ1n) is 12.2. The van der Waals surface area contributed by atoms with Crippen molar-refractivity contribution in [2.75, 3.05) is 25.5 Å². The Morgan fingerprint density at radius 2 is 1.94 bits per heavy atom. The molecule has 180 valence electrons. The van der Waals surface area contributed by atoms with Crippen LogP contribution >= 0.6 is 0 Å². The number of nitrogens with one attached hydrogen (secondary N) is 1. The van der Waals surface area contributed by atoms with Crippen LogP contribution < -0.4 is 5.32 Å². The van der Waals surface area contributed by atoms with Crippen molar-refractivity contribution in [2.24, 2.45) is 5.92 Å². The fraction of sp³-hybridized carbons (Fsp3) is 0.370. The van der Waals surface area contributed by atoms with Gasteiger partial charge in [0, 0.05) is 41.0 Å². The molecule has 8 heteroatoms. The summed E-state index contributed by atoms with van der Waals surface area (Å²) in [5.74, 6) is 0.838. The maximum atomic E-state index is 14.9. The van der Waals surface area contributed by atoms with Crippen molar-refractivity contribution >= 4 is 22.4 Å². The number of piperidine rings is 1. The highest BCUT2D eigenvalue weighted by atomic mass is 19.1. The summed E-state index contributed by atoms with van der Waals surface area (Å²) in [6.07, 6.45) is 8.37. The van der Waals surface area contributed by atoms with Gasteiger partial charge in [-0.25, -0.2) is 14.1 Å². The first-order chi connectivity index (χ1) is 17.0. The lowest BCUT2D eigenvalue weighted by Crippen LogP contribution is -2.35. The minimum Gasteiger partial charge on any atom is -0.390 e. The standard InChI is InChI=1S/C27H29FN6O/c1-33-11-6-19(7-12-33)27(9-10-27)25-5-2-18-16-29-26(15-24(18)30-25)31-23-4-3-21(14-22(23)28)34-13-8-20(17-35)32-34/h2-5,8,13-16,19,35H,6-7,9-12,17H2,1H3,(H,29,31). The zero-order valence-corrected chi connectivity index (χ0v) is 19.8. The lowest BCUT2D eigenvalue weighted by atomic mass is 9.79. The van der Waals surface area contributed by atoms with Gasteiger partial charge in [-0.1, -0.05) is 0 Å². The normalized spacial score (nSPS) is 18.1. The molecule has 4 heterocycles. The average Bonchev–Trinajstić information content (AvgIpc) is 3.54. The van der Waals surface area contributed by atoms with Crippen LogP contribution in [0.2, 0.25) is 0 Å². The Hall–Kier alpha value is -3.36. The van der Waals surface area contributed by atoms with Gasteiger partial charge in [-0.3, -0.25) is 4.98 Å². The molecule has 1 aromatic carbocycles. The van der Waals surface area contributed by atoms with E-state index in [1.807, 2.05) is 6.07 Å². The summed E-state index contributed by atoms with van der Waals surface area (Å²) in [4.78, 5) is 12.0. The minimum absolute atomic E-state index is 0.155. The Labute approximate surface area is 203 Å². The van der Waals surface area contributed by atoms with E-state index >= 15 is 0 Å². The molecule has 0 spiro atoms. The molecule has 35 heavy (non-hydrogen) atoms. The van der Waals surface area contributed by atoms with Gasteiger partial charge >= 0.3 is 0 Å². The van der Waals surface area contributed by atoms with Gasteiger partial charge in [-0.15, -0.1) is 0 Å². The molecule has 2 fully saturated rings. The van der Waals surface area contributed by atoms with Crippen LogP contribution in [0.1, 0.15) is 37.1 Å². The van der Waals surface area contributed by atoms with E-state index in [1.54, 1.807) is 30.6 Å². The van der Waals surface area contributed by atoms with Crippen LogP contribution in [-0.2, 0) is 12.0 Å². The summed E-state index contributed by atoms with van der Waals surface area (Å²) in [7, 11) is 2.20. The quantitative estimate of drug-likeness (QED) is 0.428. The second kappa shape index (κ2) is 8.70. The van der Waals surface area contributed by atoms with E-state index in [-0.39, 0.29) is 12.0 Å². The van der Waals surface area contributed by atoms with Gasteiger partial charge in [0.15, 0.2) is 0 Å². The number of aliphatic hydroxyl groups excluding tert-OH is 1. The average molecular weight is 473 g/mol. The molecule has 4 aromatic rings. The molecule has 6 rings (SSSR count). The van der Waals surface area contributed by atoms with Crippen molar-refractivity contribution in [2.45, 2.75) is 37.7 Å². The first kappa shape index (κ1) is 22.1. The van der Waals surface area contributed by atoms with E-state index in [2.05, 4.69) is 39.5 Å². The third kappa shape index (κ3) is 4.17. The second-order valence-corrected chi connectivity index (χ2v) is 9.89. The van der Waals surface area contributed by atoms with E-state index in [0.717, 1.165) is 24.0 Å². The van der Waals surface area contributed by atoms with Gasteiger partial charge in [-0.2, -0.15) is 5.10 Å². The van der Waals surface area contributed by atoms with Gasteiger partial charge in [0.1, 0.15) is 11.6 Å². The number of hydrogen-bond donors (Lipinski definition) is 2. The molecule has 3 aromatic heterocycles. The molecular formula is C27H29FN6O. The predicted octanol–water partition coefficient (Wildman–Crippen LogP) is 4.56. The number of halogens is 1. The summed E-state index contributed by atoms with van der Waals surface area (Å²) in [5, 5.41) is 17.5. The van der Waals surface area contributed by atoms with Gasteiger partial charge in [0.05, 0.1) is 29.2 Å². The van der Waals surface area contributed by atoms with Crippen LogP contribution in [-0.4, -0.2) is 49.9 Å². The third-order valence-corrected chi connectivity index (χ3v) is 7.66. The molecule has 0 amide bonds. The van der Waals surface area contributed by atoms with E-state index in [9.17, 15) is 9.50 Å². The van der Waals surface area contributed by atoms with Crippen molar-refractivity contribution in [1.29, 1.82) is 0 Å². The number of nitrogens with zero attached hydrogens (tertiary/aromatic N) is 5. The maximum absolute atomic E-state index is 14.9. The maximum Gasteiger partial charge on any atom is 0.148 e. The minimum atomic E-state index is -0.411. The number of pyridine rings is 2. The summed E-state index contributed by atoms with van der Waals surface area (Å²) < 4.78 is 16.4. The Morgan fingerprint density at radius 3 is 2.66 bits per heavy atom. The fourth-order valence-electron chi connectivity index (χ4n) is 5.41. The zero-order chi connectivity index (χ0) is 24.0. The molecule has 1 saturated heterocycles. The van der Waals surface area contributed by atoms with Crippen molar-refractivity contribution in [3.05, 3.63) is 72.1 Å². The van der Waals surface area contributed by atoms with Crippen molar-refractivity contribution in [1.82, 2.24) is 24.6 Å². The van der Waals surface area contributed by atoms with E-state index in [4.69, 9.17) is 4.98 Å². The summed E-state index contributed by atoms with van der Waals surface area (Å²) in [6, 6.07) is 12.7. The molecule has 2 aliphatic rings. The first-order valence-corrected chi connectivity index (χ1v) is 12.2. The van der Waals surface area contributed by atoms with Crippen LogP contribution in [0.3, 0.4) is 0 Å².